The van der Waals surface area contributed by atoms with Crippen LogP contribution in [-0.4, -0.2) is 35.0 Å². The summed E-state index contributed by atoms with van der Waals surface area (Å²) >= 11 is 11.7. The van der Waals surface area contributed by atoms with Crippen LogP contribution in [0.1, 0.15) is 12.0 Å². The molecule has 1 aliphatic rings. The maximum Gasteiger partial charge on any atom is 0.303 e. The lowest BCUT2D eigenvalue weighted by Gasteiger charge is -2.38. The number of carboxylic acid groups (broad SMARTS) is 1. The van der Waals surface area contributed by atoms with E-state index in [4.69, 9.17) is 28.3 Å². The first-order valence-corrected chi connectivity index (χ1v) is 6.65. The van der Waals surface area contributed by atoms with Crippen LogP contribution in [0, 0.1) is 5.92 Å². The van der Waals surface area contributed by atoms with Crippen LogP contribution in [0.25, 0.3) is 0 Å². The second-order valence-corrected chi connectivity index (χ2v) is 5.50. The Morgan fingerprint density at radius 2 is 1.95 bits per heavy atom. The molecule has 1 aromatic rings. The molecular weight excluding hydrogens is 289 g/mol. The fourth-order valence-corrected chi connectivity index (χ4v) is 2.41. The zero-order valence-corrected chi connectivity index (χ0v) is 11.6. The molecule has 0 saturated carbocycles. The van der Waals surface area contributed by atoms with E-state index in [0.717, 1.165) is 5.56 Å². The summed E-state index contributed by atoms with van der Waals surface area (Å²) in [6.45, 7) is 1.04. The van der Waals surface area contributed by atoms with Gasteiger partial charge in [0.15, 0.2) is 0 Å². The fraction of sp³-hybridized carbons (Fsp3) is 0.385. The summed E-state index contributed by atoms with van der Waals surface area (Å²) in [5.41, 5.74) is 0.807. The van der Waals surface area contributed by atoms with Gasteiger partial charge in [-0.3, -0.25) is 9.59 Å². The Morgan fingerprint density at radius 3 is 2.53 bits per heavy atom. The van der Waals surface area contributed by atoms with Gasteiger partial charge in [-0.25, -0.2) is 0 Å². The minimum absolute atomic E-state index is 0.0139. The van der Waals surface area contributed by atoms with Crippen LogP contribution in [0.3, 0.4) is 0 Å². The molecule has 1 heterocycles. The molecule has 1 saturated heterocycles. The minimum atomic E-state index is -0.818. The fourth-order valence-electron chi connectivity index (χ4n) is 2.09. The van der Waals surface area contributed by atoms with E-state index in [1.54, 1.807) is 23.1 Å². The highest BCUT2D eigenvalue weighted by atomic mass is 35.5. The van der Waals surface area contributed by atoms with Crippen LogP contribution in [0.5, 0.6) is 0 Å². The van der Waals surface area contributed by atoms with Crippen molar-refractivity contribution in [2.75, 3.05) is 13.1 Å². The van der Waals surface area contributed by atoms with Gasteiger partial charge in [0.2, 0.25) is 5.91 Å². The molecule has 0 bridgehead atoms. The molecule has 1 fully saturated rings. The van der Waals surface area contributed by atoms with Gasteiger partial charge in [0, 0.05) is 19.0 Å². The lowest BCUT2D eigenvalue weighted by Crippen LogP contribution is -2.51. The predicted molar refractivity (Wildman–Crippen MR) is 72.5 cm³/mol. The maximum absolute atomic E-state index is 11.9. The predicted octanol–water partition coefficient (Wildman–Crippen LogP) is 2.47. The van der Waals surface area contributed by atoms with Gasteiger partial charge in [-0.1, -0.05) is 29.3 Å². The number of halogens is 2. The topological polar surface area (TPSA) is 57.6 Å². The number of aliphatic carboxylic acids is 1. The van der Waals surface area contributed by atoms with Crippen molar-refractivity contribution in [2.45, 2.75) is 12.8 Å². The number of hydrogen-bond acceptors (Lipinski definition) is 2. The summed E-state index contributed by atoms with van der Waals surface area (Å²) in [7, 11) is 0. The van der Waals surface area contributed by atoms with Crippen LogP contribution in [0.15, 0.2) is 18.2 Å². The van der Waals surface area contributed by atoms with Gasteiger partial charge in [-0.05, 0) is 17.7 Å². The number of carbonyl (C=O) groups is 2. The van der Waals surface area contributed by atoms with Crippen molar-refractivity contribution >= 4 is 35.1 Å². The van der Waals surface area contributed by atoms with E-state index >= 15 is 0 Å². The van der Waals surface area contributed by atoms with Gasteiger partial charge in [0.05, 0.1) is 22.9 Å². The van der Waals surface area contributed by atoms with Crippen LogP contribution in [-0.2, 0) is 16.0 Å². The summed E-state index contributed by atoms with van der Waals surface area (Å²) in [6.07, 6.45) is 0.382. The molecule has 0 aliphatic carbocycles. The monoisotopic (exact) mass is 301 g/mol. The number of likely N-dealkylation sites (tertiary alicyclic amines) is 1. The standard InChI is InChI=1S/C13H13Cl2NO3/c14-10-2-1-8(3-11(10)15)4-12(17)16-6-9(7-16)5-13(18)19/h1-3,9H,4-7H2,(H,18,19). The third-order valence-electron chi connectivity index (χ3n) is 3.11. The Labute approximate surface area is 120 Å². The van der Waals surface area contributed by atoms with Gasteiger partial charge < -0.3 is 10.0 Å². The van der Waals surface area contributed by atoms with Gasteiger partial charge in [0.25, 0.3) is 0 Å². The van der Waals surface area contributed by atoms with Crippen LogP contribution in [0.4, 0.5) is 0 Å². The molecule has 1 amide bonds. The van der Waals surface area contributed by atoms with Gasteiger partial charge in [-0.15, -0.1) is 0 Å². The first kappa shape index (κ1) is 14.2. The van der Waals surface area contributed by atoms with Gasteiger partial charge in [0.1, 0.15) is 0 Å². The maximum atomic E-state index is 11.9. The molecule has 0 aromatic heterocycles. The number of carboxylic acids is 1. The van der Waals surface area contributed by atoms with Crippen LogP contribution >= 0.6 is 23.2 Å². The zero-order valence-electron chi connectivity index (χ0n) is 10.1. The van der Waals surface area contributed by atoms with E-state index in [2.05, 4.69) is 0 Å². The molecule has 0 atom stereocenters. The first-order chi connectivity index (χ1) is 8.95. The summed E-state index contributed by atoms with van der Waals surface area (Å²) in [5.74, 6) is -0.753. The van der Waals surface area contributed by atoms with Crippen molar-refractivity contribution in [2.24, 2.45) is 5.92 Å². The van der Waals surface area contributed by atoms with Gasteiger partial charge in [-0.2, -0.15) is 0 Å². The Morgan fingerprint density at radius 1 is 1.26 bits per heavy atom. The second-order valence-electron chi connectivity index (χ2n) is 4.69. The SMILES string of the molecule is O=C(O)CC1CN(C(=O)Cc2ccc(Cl)c(Cl)c2)C1. The highest BCUT2D eigenvalue weighted by Gasteiger charge is 2.31. The smallest absolute Gasteiger partial charge is 0.303 e. The molecule has 0 radical (unpaired) electrons. The average molecular weight is 302 g/mol. The lowest BCUT2D eigenvalue weighted by atomic mass is 9.95. The molecule has 19 heavy (non-hydrogen) atoms. The summed E-state index contributed by atoms with van der Waals surface area (Å²) in [6, 6.07) is 5.10. The van der Waals surface area contributed by atoms with Crippen molar-refractivity contribution in [1.29, 1.82) is 0 Å². The number of hydrogen-bond donors (Lipinski definition) is 1. The van der Waals surface area contributed by atoms with Crippen molar-refractivity contribution in [3.63, 3.8) is 0 Å². The average Bonchev–Trinajstić information content (AvgIpc) is 2.27. The van der Waals surface area contributed by atoms with Crippen LogP contribution in [0.2, 0.25) is 10.0 Å². The highest BCUT2D eigenvalue weighted by Crippen LogP contribution is 2.24. The van der Waals surface area contributed by atoms with Crippen molar-refractivity contribution in [1.82, 2.24) is 4.90 Å². The van der Waals surface area contributed by atoms with E-state index in [0.29, 0.717) is 23.1 Å². The molecular formula is C13H13Cl2NO3. The number of nitrogens with zero attached hydrogens (tertiary/aromatic N) is 1. The Bertz CT molecular complexity index is 513. The normalized spacial score (nSPS) is 15.2. The first-order valence-electron chi connectivity index (χ1n) is 5.89. The molecule has 2 rings (SSSR count). The number of benzene rings is 1. The molecule has 1 N–H and O–H groups in total. The highest BCUT2D eigenvalue weighted by molar-refractivity contribution is 6.42. The zero-order chi connectivity index (χ0) is 14.0. The van der Waals surface area contributed by atoms with E-state index in [1.807, 2.05) is 0 Å². The van der Waals surface area contributed by atoms with E-state index in [-0.39, 0.29) is 24.7 Å². The molecule has 1 aromatic carbocycles. The number of carbonyl (C=O) groups excluding carboxylic acids is 1. The van der Waals surface area contributed by atoms with E-state index in [9.17, 15) is 9.59 Å². The largest absolute Gasteiger partial charge is 0.481 e. The Hall–Kier alpha value is -1.26. The van der Waals surface area contributed by atoms with Crippen molar-refractivity contribution < 1.29 is 14.7 Å². The molecule has 0 spiro atoms. The van der Waals surface area contributed by atoms with Crippen LogP contribution < -0.4 is 0 Å². The van der Waals surface area contributed by atoms with Crippen molar-refractivity contribution in [3.8, 4) is 0 Å². The molecule has 1 aliphatic heterocycles. The lowest BCUT2D eigenvalue weighted by molar-refractivity contribution is -0.144. The third-order valence-corrected chi connectivity index (χ3v) is 3.85. The number of amides is 1. The molecule has 102 valence electrons. The minimum Gasteiger partial charge on any atom is -0.481 e. The Kier molecular flexibility index (Phi) is 4.32. The summed E-state index contributed by atoms with van der Waals surface area (Å²) in [4.78, 5) is 24.1. The number of rotatable bonds is 4. The summed E-state index contributed by atoms with van der Waals surface area (Å²) in [5, 5.41) is 9.53. The molecule has 6 heteroatoms. The summed E-state index contributed by atoms with van der Waals surface area (Å²) < 4.78 is 0. The van der Waals surface area contributed by atoms with Gasteiger partial charge >= 0.3 is 5.97 Å². The second kappa shape index (κ2) is 5.80. The quantitative estimate of drug-likeness (QED) is 0.929. The molecule has 4 nitrogen and oxygen atoms in total. The molecule has 0 unspecified atom stereocenters. The van der Waals surface area contributed by atoms with Crippen molar-refractivity contribution in [3.05, 3.63) is 33.8 Å². The van der Waals surface area contributed by atoms with E-state index in [1.165, 1.54) is 0 Å². The third kappa shape index (κ3) is 3.61. The van der Waals surface area contributed by atoms with E-state index < -0.39 is 5.97 Å². The Balaban J connectivity index is 1.85.